The van der Waals surface area contributed by atoms with Crippen molar-refractivity contribution in [3.63, 3.8) is 0 Å². The summed E-state index contributed by atoms with van der Waals surface area (Å²) in [5.74, 6) is 0.284. The number of hydrogen-bond donors (Lipinski definition) is 0. The zero-order valence-corrected chi connectivity index (χ0v) is 16.5. The summed E-state index contributed by atoms with van der Waals surface area (Å²) < 4.78 is 5.80. The van der Waals surface area contributed by atoms with Gasteiger partial charge in [0.1, 0.15) is 18.1 Å². The van der Waals surface area contributed by atoms with E-state index in [0.717, 1.165) is 28.0 Å². The SMILES string of the molecule is Cc1ccc(C2=NOC(=O)/C2=C\c2ccc(OCc3ccc(Cl)cc3)cc2)cc1. The van der Waals surface area contributed by atoms with Gasteiger partial charge in [0.05, 0.1) is 5.57 Å². The van der Waals surface area contributed by atoms with Gasteiger partial charge in [-0.05, 0) is 48.4 Å². The molecule has 0 saturated carbocycles. The van der Waals surface area contributed by atoms with Gasteiger partial charge < -0.3 is 9.57 Å². The van der Waals surface area contributed by atoms with E-state index in [0.29, 0.717) is 22.9 Å². The lowest BCUT2D eigenvalue weighted by molar-refractivity contribution is -0.136. The fourth-order valence-electron chi connectivity index (χ4n) is 2.90. The molecule has 1 aliphatic rings. The van der Waals surface area contributed by atoms with Crippen LogP contribution < -0.4 is 4.74 Å². The molecule has 0 N–H and O–H groups in total. The van der Waals surface area contributed by atoms with Crippen molar-refractivity contribution in [2.45, 2.75) is 13.5 Å². The number of benzene rings is 3. The number of oxime groups is 1. The van der Waals surface area contributed by atoms with E-state index < -0.39 is 5.97 Å². The number of nitrogens with zero attached hydrogens (tertiary/aromatic N) is 1. The molecule has 5 heteroatoms. The molecule has 29 heavy (non-hydrogen) atoms. The van der Waals surface area contributed by atoms with Crippen LogP contribution in [-0.4, -0.2) is 11.7 Å². The standard InChI is InChI=1S/C24H18ClNO3/c1-16-2-8-19(9-3-16)23-22(24(27)29-26-23)14-17-6-12-21(13-7-17)28-15-18-4-10-20(25)11-5-18/h2-14H,15H2,1H3/b22-14-. The van der Waals surface area contributed by atoms with Crippen molar-refractivity contribution >= 4 is 29.4 Å². The molecule has 1 aliphatic heterocycles. The zero-order valence-electron chi connectivity index (χ0n) is 15.8. The molecule has 0 bridgehead atoms. The lowest BCUT2D eigenvalue weighted by Crippen LogP contribution is -2.06. The summed E-state index contributed by atoms with van der Waals surface area (Å²) in [6, 6.07) is 22.9. The first-order valence-electron chi connectivity index (χ1n) is 9.14. The predicted octanol–water partition coefficient (Wildman–Crippen LogP) is 5.57. The van der Waals surface area contributed by atoms with E-state index in [1.54, 1.807) is 6.08 Å². The molecule has 0 aromatic heterocycles. The van der Waals surface area contributed by atoms with Gasteiger partial charge in [0.2, 0.25) is 0 Å². The fraction of sp³-hybridized carbons (Fsp3) is 0.0833. The highest BCUT2D eigenvalue weighted by molar-refractivity contribution is 6.31. The first-order chi connectivity index (χ1) is 14.1. The summed E-state index contributed by atoms with van der Waals surface area (Å²) in [7, 11) is 0. The zero-order chi connectivity index (χ0) is 20.2. The number of halogens is 1. The summed E-state index contributed by atoms with van der Waals surface area (Å²) in [6.07, 6.45) is 1.77. The van der Waals surface area contributed by atoms with Crippen molar-refractivity contribution in [1.82, 2.24) is 0 Å². The molecule has 0 radical (unpaired) electrons. The molecule has 0 saturated heterocycles. The number of carbonyl (C=O) groups is 1. The monoisotopic (exact) mass is 403 g/mol. The molecule has 1 heterocycles. The van der Waals surface area contributed by atoms with Crippen LogP contribution in [0.3, 0.4) is 0 Å². The van der Waals surface area contributed by atoms with Crippen LogP contribution in [0.5, 0.6) is 5.75 Å². The lowest BCUT2D eigenvalue weighted by atomic mass is 10.00. The van der Waals surface area contributed by atoms with E-state index in [1.807, 2.05) is 79.7 Å². The second-order valence-electron chi connectivity index (χ2n) is 6.73. The summed E-state index contributed by atoms with van der Waals surface area (Å²) in [6.45, 7) is 2.46. The Kier molecular flexibility index (Phi) is 5.45. The summed E-state index contributed by atoms with van der Waals surface area (Å²) in [4.78, 5) is 17.0. The minimum atomic E-state index is -0.455. The van der Waals surface area contributed by atoms with E-state index in [2.05, 4.69) is 5.16 Å². The van der Waals surface area contributed by atoms with Crippen LogP contribution in [0.4, 0.5) is 0 Å². The Hall–Kier alpha value is -3.37. The topological polar surface area (TPSA) is 47.9 Å². The van der Waals surface area contributed by atoms with Crippen LogP contribution in [0, 0.1) is 6.92 Å². The molecule has 4 nitrogen and oxygen atoms in total. The van der Waals surface area contributed by atoms with Crippen LogP contribution in [-0.2, 0) is 16.2 Å². The maximum Gasteiger partial charge on any atom is 0.368 e. The summed E-state index contributed by atoms with van der Waals surface area (Å²) in [5.41, 5.74) is 4.85. The van der Waals surface area contributed by atoms with Crippen molar-refractivity contribution in [3.8, 4) is 5.75 Å². The molecular formula is C24H18ClNO3. The Morgan fingerprint density at radius 1 is 0.966 bits per heavy atom. The Balaban J connectivity index is 1.48. The second kappa shape index (κ2) is 8.33. The second-order valence-corrected chi connectivity index (χ2v) is 7.16. The Morgan fingerprint density at radius 2 is 1.66 bits per heavy atom. The number of ether oxygens (including phenoxy) is 1. The molecule has 0 spiro atoms. The first-order valence-corrected chi connectivity index (χ1v) is 9.52. The van der Waals surface area contributed by atoms with Gasteiger partial charge in [0.25, 0.3) is 0 Å². The van der Waals surface area contributed by atoms with Gasteiger partial charge in [0, 0.05) is 10.6 Å². The van der Waals surface area contributed by atoms with Crippen molar-refractivity contribution in [1.29, 1.82) is 0 Å². The summed E-state index contributed by atoms with van der Waals surface area (Å²) in [5, 5.41) is 4.64. The molecular weight excluding hydrogens is 386 g/mol. The number of hydrogen-bond acceptors (Lipinski definition) is 4. The first kappa shape index (κ1) is 19.0. The Labute approximate surface area is 174 Å². The maximum atomic E-state index is 12.1. The highest BCUT2D eigenvalue weighted by Gasteiger charge is 2.26. The molecule has 0 amide bonds. The van der Waals surface area contributed by atoms with Gasteiger partial charge in [-0.25, -0.2) is 4.79 Å². The van der Waals surface area contributed by atoms with Gasteiger partial charge in [-0.2, -0.15) is 0 Å². The molecule has 0 unspecified atom stereocenters. The normalized spacial score (nSPS) is 14.6. The van der Waals surface area contributed by atoms with Gasteiger partial charge in [-0.3, -0.25) is 0 Å². The average molecular weight is 404 g/mol. The third-order valence-electron chi connectivity index (χ3n) is 4.53. The van der Waals surface area contributed by atoms with Crippen LogP contribution in [0.15, 0.2) is 83.5 Å². The quantitative estimate of drug-likeness (QED) is 0.413. The largest absolute Gasteiger partial charge is 0.489 e. The molecule has 0 aliphatic carbocycles. The van der Waals surface area contributed by atoms with Crippen molar-refractivity contribution in [2.75, 3.05) is 0 Å². The third kappa shape index (κ3) is 4.55. The van der Waals surface area contributed by atoms with E-state index in [1.165, 1.54) is 0 Å². The van der Waals surface area contributed by atoms with Crippen LogP contribution in [0.1, 0.15) is 22.3 Å². The summed E-state index contributed by atoms with van der Waals surface area (Å²) >= 11 is 5.90. The minimum Gasteiger partial charge on any atom is -0.489 e. The Bertz CT molecular complexity index is 1080. The van der Waals surface area contributed by atoms with Gasteiger partial charge in [0.15, 0.2) is 0 Å². The van der Waals surface area contributed by atoms with Crippen LogP contribution in [0.2, 0.25) is 5.02 Å². The Morgan fingerprint density at radius 3 is 2.34 bits per heavy atom. The van der Waals surface area contributed by atoms with E-state index in [9.17, 15) is 4.79 Å². The van der Waals surface area contributed by atoms with Crippen molar-refractivity contribution in [3.05, 3.63) is 106 Å². The molecule has 0 atom stereocenters. The van der Waals surface area contributed by atoms with Gasteiger partial charge in [-0.15, -0.1) is 0 Å². The van der Waals surface area contributed by atoms with E-state index in [4.69, 9.17) is 21.2 Å². The molecule has 0 fully saturated rings. The highest BCUT2D eigenvalue weighted by Crippen LogP contribution is 2.23. The van der Waals surface area contributed by atoms with Crippen molar-refractivity contribution < 1.29 is 14.4 Å². The maximum absolute atomic E-state index is 12.1. The number of rotatable bonds is 5. The van der Waals surface area contributed by atoms with E-state index >= 15 is 0 Å². The van der Waals surface area contributed by atoms with Crippen LogP contribution >= 0.6 is 11.6 Å². The van der Waals surface area contributed by atoms with Crippen LogP contribution in [0.25, 0.3) is 6.08 Å². The molecule has 4 rings (SSSR count). The predicted molar refractivity (Wildman–Crippen MR) is 114 cm³/mol. The smallest absolute Gasteiger partial charge is 0.368 e. The number of aryl methyl sites for hydroxylation is 1. The third-order valence-corrected chi connectivity index (χ3v) is 4.78. The fourth-order valence-corrected chi connectivity index (χ4v) is 3.03. The minimum absolute atomic E-state index is 0.434. The molecule has 3 aromatic rings. The molecule has 144 valence electrons. The lowest BCUT2D eigenvalue weighted by Gasteiger charge is -2.07. The molecule has 3 aromatic carbocycles. The van der Waals surface area contributed by atoms with E-state index in [-0.39, 0.29) is 0 Å². The van der Waals surface area contributed by atoms with Gasteiger partial charge >= 0.3 is 5.97 Å². The number of carbonyl (C=O) groups excluding carboxylic acids is 1. The highest BCUT2D eigenvalue weighted by atomic mass is 35.5. The average Bonchev–Trinajstić information content (AvgIpc) is 3.09. The van der Waals surface area contributed by atoms with Gasteiger partial charge in [-0.1, -0.05) is 70.9 Å². The van der Waals surface area contributed by atoms with Crippen molar-refractivity contribution in [2.24, 2.45) is 5.16 Å².